The van der Waals surface area contributed by atoms with Gasteiger partial charge in [-0.3, -0.25) is 14.9 Å². The van der Waals surface area contributed by atoms with Gasteiger partial charge in [0.25, 0.3) is 11.8 Å². The maximum Gasteiger partial charge on any atom is 0.258 e. The molecular formula is C17H10ClN3O2. The molecule has 2 amide bonds. The van der Waals surface area contributed by atoms with Crippen LogP contribution in [-0.4, -0.2) is 21.2 Å². The van der Waals surface area contributed by atoms with Crippen molar-refractivity contribution in [1.29, 1.82) is 0 Å². The van der Waals surface area contributed by atoms with Gasteiger partial charge >= 0.3 is 0 Å². The van der Waals surface area contributed by atoms with E-state index >= 15 is 0 Å². The van der Waals surface area contributed by atoms with Crippen molar-refractivity contribution in [2.24, 2.45) is 0 Å². The molecule has 0 saturated heterocycles. The molecule has 23 heavy (non-hydrogen) atoms. The van der Waals surface area contributed by atoms with Gasteiger partial charge in [-0.1, -0.05) is 29.8 Å². The van der Waals surface area contributed by atoms with Gasteiger partial charge in [-0.25, -0.2) is 4.98 Å². The minimum Gasteiger partial charge on any atom is -0.305 e. The molecule has 0 saturated carbocycles. The summed E-state index contributed by atoms with van der Waals surface area (Å²) in [4.78, 5) is 28.5. The second-order valence-electron chi connectivity index (χ2n) is 5.17. The van der Waals surface area contributed by atoms with Gasteiger partial charge < -0.3 is 4.40 Å². The second-order valence-corrected chi connectivity index (χ2v) is 5.60. The number of hydrogen-bond acceptors (Lipinski definition) is 3. The van der Waals surface area contributed by atoms with Gasteiger partial charge in [-0.2, -0.15) is 0 Å². The summed E-state index contributed by atoms with van der Waals surface area (Å²) in [5, 5.41) is 2.94. The maximum absolute atomic E-state index is 12.2. The Balaban J connectivity index is 1.87. The standard InChI is InChI=1S/C17H10ClN3O2/c18-10-5-6-15-19-11(9-21(15)8-10)7-14-12-3-1-2-4-13(12)16(22)20-17(14)23/h1-9H,(H,20,22,23). The van der Waals surface area contributed by atoms with E-state index in [1.807, 2.05) is 0 Å². The van der Waals surface area contributed by atoms with E-state index in [1.165, 1.54) is 0 Å². The Morgan fingerprint density at radius 3 is 2.61 bits per heavy atom. The predicted molar refractivity (Wildman–Crippen MR) is 87.0 cm³/mol. The van der Waals surface area contributed by atoms with Crippen LogP contribution in [0.2, 0.25) is 5.02 Å². The van der Waals surface area contributed by atoms with Crippen LogP contribution in [0.25, 0.3) is 17.3 Å². The Labute approximate surface area is 136 Å². The Kier molecular flexibility index (Phi) is 3.02. The normalized spacial score (nSPS) is 15.8. The van der Waals surface area contributed by atoms with Crippen LogP contribution in [0.5, 0.6) is 0 Å². The zero-order chi connectivity index (χ0) is 16.0. The lowest BCUT2D eigenvalue weighted by atomic mass is 9.94. The number of amides is 2. The van der Waals surface area contributed by atoms with Crippen LogP contribution in [0.1, 0.15) is 21.6 Å². The van der Waals surface area contributed by atoms with Crippen molar-refractivity contribution < 1.29 is 9.59 Å². The fourth-order valence-electron chi connectivity index (χ4n) is 2.62. The average Bonchev–Trinajstić information content (AvgIpc) is 2.93. The molecule has 5 nitrogen and oxygen atoms in total. The SMILES string of the molecule is O=C1NC(=O)c2ccccc2C1=Cc1cn2cc(Cl)ccc2n1. The van der Waals surface area contributed by atoms with Crippen LogP contribution in [0.15, 0.2) is 48.8 Å². The molecule has 0 radical (unpaired) electrons. The third-order valence-electron chi connectivity index (χ3n) is 3.66. The molecule has 6 heteroatoms. The number of fused-ring (bicyclic) bond motifs is 2. The summed E-state index contributed by atoms with van der Waals surface area (Å²) < 4.78 is 1.78. The van der Waals surface area contributed by atoms with E-state index < -0.39 is 5.91 Å². The first-order chi connectivity index (χ1) is 11.1. The number of hydrogen-bond donors (Lipinski definition) is 1. The van der Waals surface area contributed by atoms with Crippen LogP contribution >= 0.6 is 11.6 Å². The molecule has 0 fully saturated rings. The minimum atomic E-state index is -0.427. The number of imide groups is 1. The first kappa shape index (κ1) is 13.7. The van der Waals surface area contributed by atoms with E-state index in [1.54, 1.807) is 59.3 Å². The Morgan fingerprint density at radius 1 is 1.00 bits per heavy atom. The molecule has 0 bridgehead atoms. The molecule has 0 aliphatic carbocycles. The van der Waals surface area contributed by atoms with Crippen LogP contribution < -0.4 is 5.32 Å². The van der Waals surface area contributed by atoms with Crippen molar-refractivity contribution in [1.82, 2.24) is 14.7 Å². The van der Waals surface area contributed by atoms with Crippen molar-refractivity contribution in [3.05, 3.63) is 70.6 Å². The van der Waals surface area contributed by atoms with Crippen LogP contribution in [0, 0.1) is 0 Å². The van der Waals surface area contributed by atoms with Gasteiger partial charge in [0.1, 0.15) is 5.65 Å². The molecule has 0 unspecified atom stereocenters. The average molecular weight is 324 g/mol. The van der Waals surface area contributed by atoms with Gasteiger partial charge in [0.15, 0.2) is 0 Å². The highest BCUT2D eigenvalue weighted by Crippen LogP contribution is 2.26. The molecule has 4 rings (SSSR count). The van der Waals surface area contributed by atoms with E-state index in [0.717, 1.165) is 5.65 Å². The molecule has 3 heterocycles. The lowest BCUT2D eigenvalue weighted by Gasteiger charge is -2.17. The van der Waals surface area contributed by atoms with E-state index in [9.17, 15) is 9.59 Å². The summed E-state index contributed by atoms with van der Waals surface area (Å²) in [6.07, 6.45) is 5.19. The molecule has 0 atom stereocenters. The molecule has 1 aliphatic heterocycles. The number of halogens is 1. The number of carbonyl (C=O) groups is 2. The Bertz CT molecular complexity index is 1000. The molecule has 0 spiro atoms. The van der Waals surface area contributed by atoms with E-state index in [-0.39, 0.29) is 5.91 Å². The quantitative estimate of drug-likeness (QED) is 0.553. The maximum atomic E-state index is 12.2. The number of imidazole rings is 1. The van der Waals surface area contributed by atoms with Crippen LogP contribution in [0.4, 0.5) is 0 Å². The van der Waals surface area contributed by atoms with Gasteiger partial charge in [0, 0.05) is 23.5 Å². The van der Waals surface area contributed by atoms with E-state index in [0.29, 0.717) is 27.4 Å². The Hall–Kier alpha value is -2.92. The Morgan fingerprint density at radius 2 is 1.78 bits per heavy atom. The highest BCUT2D eigenvalue weighted by Gasteiger charge is 2.26. The molecule has 3 aromatic rings. The molecule has 1 aromatic carbocycles. The van der Waals surface area contributed by atoms with Gasteiger partial charge in [0.2, 0.25) is 0 Å². The number of benzene rings is 1. The molecule has 2 aromatic heterocycles. The van der Waals surface area contributed by atoms with Crippen molar-refractivity contribution in [2.75, 3.05) is 0 Å². The summed E-state index contributed by atoms with van der Waals surface area (Å²) in [5.41, 5.74) is 2.83. The van der Waals surface area contributed by atoms with E-state index in [4.69, 9.17) is 11.6 Å². The highest BCUT2D eigenvalue weighted by molar-refractivity contribution is 6.33. The number of nitrogens with one attached hydrogen (secondary N) is 1. The molecule has 112 valence electrons. The molecular weight excluding hydrogens is 314 g/mol. The fourth-order valence-corrected chi connectivity index (χ4v) is 2.79. The van der Waals surface area contributed by atoms with Crippen molar-refractivity contribution in [3.63, 3.8) is 0 Å². The third kappa shape index (κ3) is 2.31. The third-order valence-corrected chi connectivity index (χ3v) is 3.88. The summed E-state index contributed by atoms with van der Waals surface area (Å²) in [6.45, 7) is 0. The van der Waals surface area contributed by atoms with Gasteiger partial charge in [0.05, 0.1) is 16.3 Å². The fraction of sp³-hybridized carbons (Fsp3) is 0. The first-order valence-corrected chi connectivity index (χ1v) is 7.31. The first-order valence-electron chi connectivity index (χ1n) is 6.93. The topological polar surface area (TPSA) is 63.5 Å². The van der Waals surface area contributed by atoms with Crippen LogP contribution in [-0.2, 0) is 4.79 Å². The lowest BCUT2D eigenvalue weighted by molar-refractivity contribution is -0.114. The van der Waals surface area contributed by atoms with Crippen molar-refractivity contribution in [2.45, 2.75) is 0 Å². The van der Waals surface area contributed by atoms with Gasteiger partial charge in [-0.05, 0) is 24.3 Å². The number of rotatable bonds is 1. The summed E-state index contributed by atoms with van der Waals surface area (Å²) >= 11 is 5.96. The minimum absolute atomic E-state index is 0.385. The number of pyridine rings is 1. The smallest absolute Gasteiger partial charge is 0.258 e. The molecule has 1 N–H and O–H groups in total. The van der Waals surface area contributed by atoms with E-state index in [2.05, 4.69) is 10.3 Å². The van der Waals surface area contributed by atoms with Crippen LogP contribution in [0.3, 0.4) is 0 Å². The van der Waals surface area contributed by atoms with Crippen molar-refractivity contribution in [3.8, 4) is 0 Å². The zero-order valence-electron chi connectivity index (χ0n) is 11.8. The number of aromatic nitrogens is 2. The summed E-state index contributed by atoms with van der Waals surface area (Å²) in [5.74, 6) is -0.812. The summed E-state index contributed by atoms with van der Waals surface area (Å²) in [6, 6.07) is 10.5. The number of nitrogens with zero attached hydrogens (tertiary/aromatic N) is 2. The summed E-state index contributed by atoms with van der Waals surface area (Å²) in [7, 11) is 0. The number of carbonyl (C=O) groups excluding carboxylic acids is 2. The molecule has 1 aliphatic rings. The van der Waals surface area contributed by atoms with Crippen molar-refractivity contribution >= 4 is 40.7 Å². The predicted octanol–water partition coefficient (Wildman–Crippen LogP) is 2.80. The second kappa shape index (κ2) is 5.07. The highest BCUT2D eigenvalue weighted by atomic mass is 35.5. The van der Waals surface area contributed by atoms with Gasteiger partial charge in [-0.15, -0.1) is 0 Å². The zero-order valence-corrected chi connectivity index (χ0v) is 12.5. The monoisotopic (exact) mass is 323 g/mol. The lowest BCUT2D eigenvalue weighted by Crippen LogP contribution is -2.36. The largest absolute Gasteiger partial charge is 0.305 e.